The van der Waals surface area contributed by atoms with Gasteiger partial charge in [0.25, 0.3) is 0 Å². The van der Waals surface area contributed by atoms with E-state index in [1.807, 2.05) is 30.3 Å². The van der Waals surface area contributed by atoms with Crippen LogP contribution in [0.4, 0.5) is 0 Å². The number of furan rings is 1. The molecule has 48 heavy (non-hydrogen) atoms. The van der Waals surface area contributed by atoms with Gasteiger partial charge < -0.3 is 4.42 Å². The molecule has 2 aromatic heterocycles. The highest BCUT2D eigenvalue weighted by molar-refractivity contribution is 6.30. The number of nitrogens with zero attached hydrogens (tertiary/aromatic N) is 3. The molecule has 1 aliphatic rings. The van der Waals surface area contributed by atoms with E-state index in [0.29, 0.717) is 17.5 Å². The Morgan fingerprint density at radius 3 is 1.83 bits per heavy atom. The van der Waals surface area contributed by atoms with Gasteiger partial charge in [-0.25, -0.2) is 15.0 Å². The minimum atomic E-state index is -0.0683. The highest BCUT2D eigenvalue weighted by Crippen LogP contribution is 2.49. The number of rotatable bonds is 3. The number of aromatic nitrogens is 3. The Hall–Kier alpha value is -6.13. The lowest BCUT2D eigenvalue weighted by molar-refractivity contribution is 0.660. The van der Waals surface area contributed by atoms with Crippen molar-refractivity contribution in [3.05, 3.63) is 151 Å². The molecule has 9 aromatic rings. The lowest BCUT2D eigenvalue weighted by atomic mass is 9.82. The van der Waals surface area contributed by atoms with Gasteiger partial charge in [-0.05, 0) is 56.6 Å². The first-order chi connectivity index (χ1) is 23.5. The second kappa shape index (κ2) is 9.93. The SMILES string of the molecule is CC1(C)c2ccccc2-c2cc(-c3nc(-c4ccccc4)nc(-c4ccc5c6ccccc6c6c7ccccc7oc6c5c4)n3)ccc21. The first-order valence-corrected chi connectivity index (χ1v) is 16.4. The highest BCUT2D eigenvalue weighted by Gasteiger charge is 2.35. The maximum atomic E-state index is 6.59. The zero-order chi connectivity index (χ0) is 32.0. The van der Waals surface area contributed by atoms with Crippen LogP contribution in [-0.2, 0) is 5.41 Å². The molecule has 226 valence electrons. The quantitative estimate of drug-likeness (QED) is 0.186. The minimum Gasteiger partial charge on any atom is -0.455 e. The summed E-state index contributed by atoms with van der Waals surface area (Å²) in [6.45, 7) is 4.60. The molecule has 0 unspecified atom stereocenters. The zero-order valence-electron chi connectivity index (χ0n) is 26.5. The predicted octanol–water partition coefficient (Wildman–Crippen LogP) is 11.4. The van der Waals surface area contributed by atoms with E-state index >= 15 is 0 Å². The van der Waals surface area contributed by atoms with Crippen molar-refractivity contribution >= 4 is 43.5 Å². The fourth-order valence-electron chi connectivity index (χ4n) is 7.75. The third kappa shape index (κ3) is 3.86. The summed E-state index contributed by atoms with van der Waals surface area (Å²) in [5.74, 6) is 1.92. The molecular formula is C44H29N3O. The van der Waals surface area contributed by atoms with E-state index < -0.39 is 0 Å². The largest absolute Gasteiger partial charge is 0.455 e. The molecule has 0 fully saturated rings. The predicted molar refractivity (Wildman–Crippen MR) is 196 cm³/mol. The molecule has 0 N–H and O–H groups in total. The van der Waals surface area contributed by atoms with Gasteiger partial charge in [0.15, 0.2) is 17.5 Å². The van der Waals surface area contributed by atoms with Crippen molar-refractivity contribution in [1.82, 2.24) is 15.0 Å². The first kappa shape index (κ1) is 27.0. The van der Waals surface area contributed by atoms with Crippen LogP contribution in [0, 0.1) is 0 Å². The maximum absolute atomic E-state index is 6.59. The van der Waals surface area contributed by atoms with E-state index in [2.05, 4.69) is 123 Å². The van der Waals surface area contributed by atoms with E-state index in [1.54, 1.807) is 0 Å². The van der Waals surface area contributed by atoms with Gasteiger partial charge in [-0.3, -0.25) is 0 Å². The van der Waals surface area contributed by atoms with E-state index in [0.717, 1.165) is 49.4 Å². The van der Waals surface area contributed by atoms with Crippen LogP contribution in [0.3, 0.4) is 0 Å². The summed E-state index contributed by atoms with van der Waals surface area (Å²) in [6, 6.07) is 48.9. The molecule has 0 spiro atoms. The van der Waals surface area contributed by atoms with Gasteiger partial charge in [0.05, 0.1) is 0 Å². The van der Waals surface area contributed by atoms with Crippen LogP contribution in [-0.4, -0.2) is 15.0 Å². The zero-order valence-corrected chi connectivity index (χ0v) is 26.5. The molecule has 1 aliphatic carbocycles. The fourth-order valence-corrected chi connectivity index (χ4v) is 7.75. The Bertz CT molecular complexity index is 2760. The van der Waals surface area contributed by atoms with Crippen LogP contribution in [0.5, 0.6) is 0 Å². The highest BCUT2D eigenvalue weighted by atomic mass is 16.3. The molecule has 0 saturated heterocycles. The molecule has 0 radical (unpaired) electrons. The average Bonchev–Trinajstić information content (AvgIpc) is 3.65. The van der Waals surface area contributed by atoms with Crippen LogP contribution in [0.1, 0.15) is 25.0 Å². The van der Waals surface area contributed by atoms with Gasteiger partial charge in [-0.15, -0.1) is 0 Å². The molecular weight excluding hydrogens is 587 g/mol. The molecule has 7 aromatic carbocycles. The van der Waals surface area contributed by atoms with Crippen molar-refractivity contribution in [1.29, 1.82) is 0 Å². The molecule has 4 nitrogen and oxygen atoms in total. The van der Waals surface area contributed by atoms with E-state index in [1.165, 1.54) is 33.0 Å². The normalized spacial score (nSPS) is 13.4. The van der Waals surface area contributed by atoms with Crippen LogP contribution in [0.15, 0.2) is 144 Å². The number of hydrogen-bond donors (Lipinski definition) is 0. The lowest BCUT2D eigenvalue weighted by Crippen LogP contribution is -2.14. The van der Waals surface area contributed by atoms with Crippen LogP contribution >= 0.6 is 0 Å². The summed E-state index contributed by atoms with van der Waals surface area (Å²) in [7, 11) is 0. The van der Waals surface area contributed by atoms with Crippen molar-refractivity contribution in [3.8, 4) is 45.3 Å². The number of benzene rings is 7. The topological polar surface area (TPSA) is 51.8 Å². The third-order valence-corrected chi connectivity index (χ3v) is 10.1. The Morgan fingerprint density at radius 2 is 1.02 bits per heavy atom. The van der Waals surface area contributed by atoms with Gasteiger partial charge in [0.2, 0.25) is 0 Å². The van der Waals surface area contributed by atoms with Crippen molar-refractivity contribution in [2.24, 2.45) is 0 Å². The minimum absolute atomic E-state index is 0.0683. The average molecular weight is 616 g/mol. The number of para-hydroxylation sites is 1. The van der Waals surface area contributed by atoms with Crippen LogP contribution in [0.2, 0.25) is 0 Å². The van der Waals surface area contributed by atoms with Crippen molar-refractivity contribution in [3.63, 3.8) is 0 Å². The van der Waals surface area contributed by atoms with Crippen molar-refractivity contribution in [2.75, 3.05) is 0 Å². The number of hydrogen-bond acceptors (Lipinski definition) is 4. The lowest BCUT2D eigenvalue weighted by Gasteiger charge is -2.21. The van der Waals surface area contributed by atoms with Gasteiger partial charge >= 0.3 is 0 Å². The fraction of sp³-hybridized carbons (Fsp3) is 0.0682. The summed E-state index contributed by atoms with van der Waals surface area (Å²) in [5, 5.41) is 6.81. The van der Waals surface area contributed by atoms with E-state index in [9.17, 15) is 0 Å². The molecule has 0 aliphatic heterocycles. The van der Waals surface area contributed by atoms with Gasteiger partial charge in [0, 0.05) is 38.3 Å². The Balaban J connectivity index is 1.22. The van der Waals surface area contributed by atoms with E-state index in [-0.39, 0.29) is 5.41 Å². The third-order valence-electron chi connectivity index (χ3n) is 10.1. The molecule has 10 rings (SSSR count). The van der Waals surface area contributed by atoms with Crippen LogP contribution in [0.25, 0.3) is 88.8 Å². The standard InChI is InChI=1S/C44H29N3O/c1-44(2)36-18-10-8-15-31(36)34-24-28(21-23-37(34)44)43-46-41(26-12-4-3-5-13-26)45-42(47-43)27-20-22-30-29-14-6-7-16-32(29)39-33-17-9-11-19-38(33)48-40(39)35(30)25-27/h3-25H,1-2H3. The summed E-state index contributed by atoms with van der Waals surface area (Å²) < 4.78 is 6.59. The molecule has 0 bridgehead atoms. The summed E-state index contributed by atoms with van der Waals surface area (Å²) in [6.07, 6.45) is 0. The summed E-state index contributed by atoms with van der Waals surface area (Å²) in [4.78, 5) is 15.3. The van der Waals surface area contributed by atoms with Gasteiger partial charge in [0.1, 0.15) is 11.2 Å². The van der Waals surface area contributed by atoms with Gasteiger partial charge in [-0.2, -0.15) is 0 Å². The van der Waals surface area contributed by atoms with Crippen molar-refractivity contribution < 1.29 is 4.42 Å². The summed E-state index contributed by atoms with van der Waals surface area (Å²) >= 11 is 0. The Labute approximate surface area is 277 Å². The van der Waals surface area contributed by atoms with Gasteiger partial charge in [-0.1, -0.05) is 135 Å². The first-order valence-electron chi connectivity index (χ1n) is 16.4. The molecule has 0 atom stereocenters. The smallest absolute Gasteiger partial charge is 0.164 e. The number of fused-ring (bicyclic) bond motifs is 11. The molecule has 0 saturated carbocycles. The van der Waals surface area contributed by atoms with Crippen LogP contribution < -0.4 is 0 Å². The molecule has 4 heteroatoms. The maximum Gasteiger partial charge on any atom is 0.164 e. The second-order valence-corrected chi connectivity index (χ2v) is 13.2. The molecule has 2 heterocycles. The second-order valence-electron chi connectivity index (χ2n) is 13.2. The van der Waals surface area contributed by atoms with E-state index in [4.69, 9.17) is 19.4 Å². The monoisotopic (exact) mass is 615 g/mol. The Morgan fingerprint density at radius 1 is 0.438 bits per heavy atom. The summed E-state index contributed by atoms with van der Waals surface area (Å²) in [5.41, 5.74) is 9.69. The Kier molecular flexibility index (Phi) is 5.59. The van der Waals surface area contributed by atoms with Crippen molar-refractivity contribution in [2.45, 2.75) is 19.3 Å². The molecule has 0 amide bonds.